The first-order chi connectivity index (χ1) is 9.27. The van der Waals surface area contributed by atoms with Gasteiger partial charge in [0.1, 0.15) is 5.54 Å². The summed E-state index contributed by atoms with van der Waals surface area (Å²) in [5.41, 5.74) is 6.48. The third-order valence-electron chi connectivity index (χ3n) is 5.28. The lowest BCUT2D eigenvalue weighted by Crippen LogP contribution is -2.51. The van der Waals surface area contributed by atoms with Gasteiger partial charge in [-0.05, 0) is 56.2 Å². The molecule has 4 nitrogen and oxygen atoms in total. The molecule has 3 atom stereocenters. The Morgan fingerprint density at radius 1 is 1.60 bits per heavy atom. The first-order valence-electron chi connectivity index (χ1n) is 7.64. The topological polar surface area (TPSA) is 83.5 Å². The van der Waals surface area contributed by atoms with E-state index in [0.29, 0.717) is 12.7 Å². The van der Waals surface area contributed by atoms with Crippen LogP contribution in [0.1, 0.15) is 44.9 Å². The molecular weight excluding hydrogens is 253 g/mol. The van der Waals surface area contributed by atoms with E-state index in [-0.39, 0.29) is 18.2 Å². The van der Waals surface area contributed by atoms with Gasteiger partial charge in [-0.2, -0.15) is 0 Å². The number of hydrogen-bond donors (Lipinski definition) is 3. The number of carbonyl (C=O) groups is 1. The van der Waals surface area contributed by atoms with Crippen molar-refractivity contribution >= 4 is 12.9 Å². The zero-order valence-electron chi connectivity index (χ0n) is 12.4. The summed E-state index contributed by atoms with van der Waals surface area (Å²) in [5, 5.41) is 18.9. The average Bonchev–Trinajstić information content (AvgIpc) is 2.81. The Morgan fingerprint density at radius 2 is 2.30 bits per heavy atom. The monoisotopic (exact) mass is 279 g/mol. The Kier molecular flexibility index (Phi) is 4.31. The van der Waals surface area contributed by atoms with Crippen LogP contribution in [0, 0.1) is 11.3 Å². The highest BCUT2D eigenvalue weighted by Crippen LogP contribution is 2.58. The lowest BCUT2D eigenvalue weighted by atomic mass is 9.66. The molecule has 4 N–H and O–H groups in total. The summed E-state index contributed by atoms with van der Waals surface area (Å²) in [6.07, 6.45) is 6.80. The fourth-order valence-corrected chi connectivity index (χ4v) is 4.29. The Morgan fingerprint density at radius 3 is 2.80 bits per heavy atom. The minimum absolute atomic E-state index is 0.0182. The van der Waals surface area contributed by atoms with Gasteiger partial charge >= 0.3 is 5.97 Å². The van der Waals surface area contributed by atoms with Gasteiger partial charge in [0, 0.05) is 0 Å². The van der Waals surface area contributed by atoms with Gasteiger partial charge in [-0.3, -0.25) is 4.79 Å². The van der Waals surface area contributed by atoms with Crippen LogP contribution in [-0.4, -0.2) is 28.6 Å². The van der Waals surface area contributed by atoms with Crippen LogP contribution in [0.5, 0.6) is 0 Å². The molecule has 0 aromatic carbocycles. The molecule has 2 aliphatic rings. The molecule has 0 heterocycles. The van der Waals surface area contributed by atoms with Crippen molar-refractivity contribution in [2.45, 2.75) is 63.6 Å². The molecule has 3 unspecified atom stereocenters. The zero-order valence-corrected chi connectivity index (χ0v) is 12.4. The van der Waals surface area contributed by atoms with E-state index in [9.17, 15) is 14.9 Å². The number of allylic oxidation sites excluding steroid dienone is 1. The summed E-state index contributed by atoms with van der Waals surface area (Å²) in [6, 6.07) is 0. The molecule has 0 radical (unpaired) electrons. The van der Waals surface area contributed by atoms with Crippen molar-refractivity contribution in [2.24, 2.45) is 17.1 Å². The summed E-state index contributed by atoms with van der Waals surface area (Å²) in [7, 11) is 0. The van der Waals surface area contributed by atoms with E-state index in [1.807, 2.05) is 0 Å². The highest BCUT2D eigenvalue weighted by Gasteiger charge is 2.57. The molecule has 0 aliphatic heterocycles. The average molecular weight is 279 g/mol. The van der Waals surface area contributed by atoms with Crippen LogP contribution in [0.4, 0.5) is 0 Å². The zero-order chi connectivity index (χ0) is 15.0. The molecule has 0 saturated heterocycles. The number of nitrogens with two attached hydrogens (primary N) is 1. The number of hydrogen-bond acceptors (Lipinski definition) is 3. The Balaban J connectivity index is 2.08. The van der Waals surface area contributed by atoms with Crippen LogP contribution < -0.4 is 5.73 Å². The van der Waals surface area contributed by atoms with E-state index in [1.165, 1.54) is 5.57 Å². The molecule has 2 rings (SSSR count). The van der Waals surface area contributed by atoms with Gasteiger partial charge in [0.15, 0.2) is 0 Å². The Bertz CT molecular complexity index is 412. The Labute approximate surface area is 121 Å². The van der Waals surface area contributed by atoms with Gasteiger partial charge < -0.3 is 15.9 Å². The van der Waals surface area contributed by atoms with Crippen LogP contribution in [0.3, 0.4) is 0 Å². The summed E-state index contributed by atoms with van der Waals surface area (Å²) in [5.74, 6) is -0.849. The second kappa shape index (κ2) is 5.53. The number of rotatable bonds is 5. The molecule has 2 aliphatic carbocycles. The molecule has 112 valence electrons. The van der Waals surface area contributed by atoms with Gasteiger partial charge in [-0.15, -0.1) is 0 Å². The van der Waals surface area contributed by atoms with Crippen molar-refractivity contribution < 1.29 is 14.9 Å². The van der Waals surface area contributed by atoms with Crippen molar-refractivity contribution in [1.29, 1.82) is 0 Å². The summed E-state index contributed by atoms with van der Waals surface area (Å²) in [4.78, 5) is 11.7. The van der Waals surface area contributed by atoms with Crippen LogP contribution >= 0.6 is 0 Å². The maximum Gasteiger partial charge on any atom is 0.323 e. The lowest BCUT2D eigenvalue weighted by molar-refractivity contribution is -0.145. The smallest absolute Gasteiger partial charge is 0.323 e. The van der Waals surface area contributed by atoms with Gasteiger partial charge in [0.05, 0.1) is 0 Å². The predicted molar refractivity (Wildman–Crippen MR) is 80.6 cm³/mol. The molecule has 0 bridgehead atoms. The summed E-state index contributed by atoms with van der Waals surface area (Å²) >= 11 is 0. The fraction of sp³-hybridized carbons (Fsp3) is 0.800. The first-order valence-corrected chi connectivity index (χ1v) is 7.64. The summed E-state index contributed by atoms with van der Waals surface area (Å²) < 4.78 is 0. The second-order valence-electron chi connectivity index (χ2n) is 7.13. The molecule has 0 aromatic heterocycles. The number of carboxylic acid groups (broad SMARTS) is 1. The maximum atomic E-state index is 11.7. The van der Waals surface area contributed by atoms with E-state index >= 15 is 0 Å². The third kappa shape index (κ3) is 2.94. The highest BCUT2D eigenvalue weighted by atomic mass is 16.4. The SMILES string of the molecule is C=C1CCC2(C1)CC(CCCB(C)O)C(N)(C(=O)O)C2. The lowest BCUT2D eigenvalue weighted by Gasteiger charge is -2.27. The largest absolute Gasteiger partial charge is 0.480 e. The minimum Gasteiger partial charge on any atom is -0.480 e. The number of carboxylic acids is 1. The molecule has 20 heavy (non-hydrogen) atoms. The fourth-order valence-electron chi connectivity index (χ4n) is 4.29. The first kappa shape index (κ1) is 15.6. The van der Waals surface area contributed by atoms with E-state index in [0.717, 1.165) is 38.5 Å². The minimum atomic E-state index is -1.09. The van der Waals surface area contributed by atoms with Crippen molar-refractivity contribution in [2.75, 3.05) is 0 Å². The van der Waals surface area contributed by atoms with Crippen molar-refractivity contribution in [3.05, 3.63) is 12.2 Å². The van der Waals surface area contributed by atoms with Crippen LogP contribution in [-0.2, 0) is 4.79 Å². The molecule has 5 heteroatoms. The predicted octanol–water partition coefficient (Wildman–Crippen LogP) is 2.30. The third-order valence-corrected chi connectivity index (χ3v) is 5.28. The normalized spacial score (nSPS) is 36.8. The van der Waals surface area contributed by atoms with Crippen LogP contribution in [0.25, 0.3) is 0 Å². The molecule has 0 amide bonds. The molecule has 0 aromatic rings. The molecule has 2 fully saturated rings. The standard InChI is InChI=1S/C15H26BNO3/c1-11-5-6-14(8-11)9-12(4-3-7-16(2)20)15(17,10-14)13(18)19/h12,20H,1,3-10,17H2,2H3,(H,18,19). The van der Waals surface area contributed by atoms with Gasteiger partial charge in [0.2, 0.25) is 0 Å². The molecule has 1 spiro atoms. The second-order valence-corrected chi connectivity index (χ2v) is 7.13. The van der Waals surface area contributed by atoms with Crippen LogP contribution in [0.2, 0.25) is 13.1 Å². The van der Waals surface area contributed by atoms with Crippen molar-refractivity contribution in [3.8, 4) is 0 Å². The highest BCUT2D eigenvalue weighted by molar-refractivity contribution is 6.48. The van der Waals surface area contributed by atoms with Gasteiger partial charge in [0.25, 0.3) is 6.92 Å². The summed E-state index contributed by atoms with van der Waals surface area (Å²) in [6.45, 7) is 5.50. The van der Waals surface area contributed by atoms with E-state index in [2.05, 4.69) is 6.58 Å². The molecular formula is C15H26BNO3. The maximum absolute atomic E-state index is 11.7. The van der Waals surface area contributed by atoms with Crippen LogP contribution in [0.15, 0.2) is 12.2 Å². The van der Waals surface area contributed by atoms with E-state index in [4.69, 9.17) is 5.73 Å². The van der Waals surface area contributed by atoms with Gasteiger partial charge in [-0.25, -0.2) is 0 Å². The van der Waals surface area contributed by atoms with Crippen molar-refractivity contribution in [3.63, 3.8) is 0 Å². The van der Waals surface area contributed by atoms with Gasteiger partial charge in [-0.1, -0.05) is 25.4 Å². The van der Waals surface area contributed by atoms with E-state index in [1.54, 1.807) is 6.82 Å². The number of aliphatic carboxylic acids is 1. The molecule has 2 saturated carbocycles. The van der Waals surface area contributed by atoms with Crippen molar-refractivity contribution in [1.82, 2.24) is 0 Å². The Hall–Kier alpha value is -0.805. The van der Waals surface area contributed by atoms with E-state index < -0.39 is 11.5 Å². The quantitative estimate of drug-likeness (QED) is 0.532.